The number of benzene rings is 2. The molecule has 112 valence electrons. The lowest BCUT2D eigenvalue weighted by Crippen LogP contribution is -2.02. The number of methoxy groups -OCH3 is 2. The number of ether oxygens (including phenoxy) is 2. The predicted octanol–water partition coefficient (Wildman–Crippen LogP) is 4.06. The first-order valence-corrected chi connectivity index (χ1v) is 7.01. The zero-order chi connectivity index (χ0) is 15.7. The molecule has 0 fully saturated rings. The van der Waals surface area contributed by atoms with E-state index >= 15 is 0 Å². The van der Waals surface area contributed by atoms with Gasteiger partial charge in [-0.05, 0) is 35.4 Å². The fourth-order valence-corrected chi connectivity index (χ4v) is 1.97. The highest BCUT2D eigenvalue weighted by atomic mass is 16.5. The van der Waals surface area contributed by atoms with Crippen LogP contribution < -0.4 is 9.47 Å². The molecule has 0 amide bonds. The van der Waals surface area contributed by atoms with Gasteiger partial charge in [0.15, 0.2) is 0 Å². The molecule has 3 heteroatoms. The van der Waals surface area contributed by atoms with Crippen molar-refractivity contribution in [1.82, 2.24) is 0 Å². The maximum absolute atomic E-state index is 11.4. The molecule has 0 aliphatic carbocycles. The van der Waals surface area contributed by atoms with Crippen molar-refractivity contribution in [2.24, 2.45) is 0 Å². The average Bonchev–Trinajstić information content (AvgIpc) is 2.58. The van der Waals surface area contributed by atoms with Gasteiger partial charge in [0.25, 0.3) is 0 Å². The normalized spacial score (nSPS) is 9.57. The summed E-state index contributed by atoms with van der Waals surface area (Å²) in [7, 11) is 3.24. The SMILES string of the molecule is CC.COc1ccc(C(C=O)c2ccc(OC)cc2)cc1. The van der Waals surface area contributed by atoms with Gasteiger partial charge < -0.3 is 14.3 Å². The van der Waals surface area contributed by atoms with Crippen LogP contribution in [-0.2, 0) is 4.79 Å². The van der Waals surface area contributed by atoms with Crippen LogP contribution in [0.3, 0.4) is 0 Å². The van der Waals surface area contributed by atoms with E-state index in [4.69, 9.17) is 9.47 Å². The molecule has 0 saturated heterocycles. The fraction of sp³-hybridized carbons (Fsp3) is 0.278. The quantitative estimate of drug-likeness (QED) is 0.777. The highest BCUT2D eigenvalue weighted by Crippen LogP contribution is 2.26. The fourth-order valence-electron chi connectivity index (χ4n) is 1.97. The van der Waals surface area contributed by atoms with Gasteiger partial charge in [-0.1, -0.05) is 38.1 Å². The zero-order valence-electron chi connectivity index (χ0n) is 13.0. The Labute approximate surface area is 126 Å². The molecule has 2 aromatic rings. The lowest BCUT2D eigenvalue weighted by Gasteiger charge is -2.12. The second kappa shape index (κ2) is 8.80. The summed E-state index contributed by atoms with van der Waals surface area (Å²) in [6.07, 6.45) is 0.948. The van der Waals surface area contributed by atoms with Crippen LogP contribution in [0.2, 0.25) is 0 Å². The lowest BCUT2D eigenvalue weighted by atomic mass is 9.92. The molecule has 0 aliphatic heterocycles. The Balaban J connectivity index is 0.00000106. The lowest BCUT2D eigenvalue weighted by molar-refractivity contribution is -0.108. The van der Waals surface area contributed by atoms with Crippen molar-refractivity contribution in [2.75, 3.05) is 14.2 Å². The highest BCUT2D eigenvalue weighted by molar-refractivity contribution is 5.68. The topological polar surface area (TPSA) is 35.5 Å². The first kappa shape index (κ1) is 16.8. The molecule has 3 nitrogen and oxygen atoms in total. The molecule has 21 heavy (non-hydrogen) atoms. The van der Waals surface area contributed by atoms with Crippen LogP contribution in [0.1, 0.15) is 30.9 Å². The summed E-state index contributed by atoms with van der Waals surface area (Å²) in [6.45, 7) is 4.00. The smallest absolute Gasteiger partial charge is 0.131 e. The van der Waals surface area contributed by atoms with Crippen LogP contribution in [-0.4, -0.2) is 20.5 Å². The Kier molecular flexibility index (Phi) is 7.02. The molecule has 0 aliphatic rings. The molecule has 0 bridgehead atoms. The van der Waals surface area contributed by atoms with E-state index in [9.17, 15) is 4.79 Å². The second-order valence-corrected chi connectivity index (χ2v) is 4.16. The minimum absolute atomic E-state index is 0.267. The Morgan fingerprint density at radius 1 is 0.762 bits per heavy atom. The van der Waals surface area contributed by atoms with E-state index in [1.54, 1.807) is 14.2 Å². The van der Waals surface area contributed by atoms with Gasteiger partial charge in [-0.3, -0.25) is 0 Å². The summed E-state index contributed by atoms with van der Waals surface area (Å²) in [5.41, 5.74) is 1.89. The summed E-state index contributed by atoms with van der Waals surface area (Å²) < 4.78 is 10.2. The van der Waals surface area contributed by atoms with Crippen LogP contribution >= 0.6 is 0 Å². The van der Waals surface area contributed by atoms with E-state index in [1.807, 2.05) is 62.4 Å². The molecule has 2 aromatic carbocycles. The van der Waals surface area contributed by atoms with Crippen molar-refractivity contribution in [2.45, 2.75) is 19.8 Å². The standard InChI is InChI=1S/C16H16O3.C2H6/c1-18-14-7-3-12(4-8-14)16(11-17)13-5-9-15(19-2)10-6-13;1-2/h3-11,16H,1-2H3;1-2H3. The summed E-state index contributed by atoms with van der Waals surface area (Å²) in [5, 5.41) is 0. The molecule has 0 aromatic heterocycles. The van der Waals surface area contributed by atoms with Crippen LogP contribution in [0.25, 0.3) is 0 Å². The monoisotopic (exact) mass is 286 g/mol. The molecule has 0 atom stereocenters. The summed E-state index contributed by atoms with van der Waals surface area (Å²) in [5.74, 6) is 1.29. The van der Waals surface area contributed by atoms with E-state index in [2.05, 4.69) is 0 Å². The first-order chi connectivity index (χ1) is 10.3. The number of hydrogen-bond acceptors (Lipinski definition) is 3. The molecule has 0 radical (unpaired) electrons. The summed E-state index contributed by atoms with van der Waals surface area (Å²) in [6, 6.07) is 15.0. The highest BCUT2D eigenvalue weighted by Gasteiger charge is 2.13. The third kappa shape index (κ3) is 4.35. The summed E-state index contributed by atoms with van der Waals surface area (Å²) >= 11 is 0. The van der Waals surface area contributed by atoms with Crippen molar-refractivity contribution >= 4 is 6.29 Å². The van der Waals surface area contributed by atoms with Crippen molar-refractivity contribution in [3.8, 4) is 11.5 Å². The largest absolute Gasteiger partial charge is 0.497 e. The van der Waals surface area contributed by atoms with Crippen LogP contribution in [0, 0.1) is 0 Å². The maximum atomic E-state index is 11.4. The van der Waals surface area contributed by atoms with Gasteiger partial charge in [-0.25, -0.2) is 0 Å². The van der Waals surface area contributed by atoms with Crippen molar-refractivity contribution in [1.29, 1.82) is 0 Å². The van der Waals surface area contributed by atoms with Gasteiger partial charge in [-0.2, -0.15) is 0 Å². The van der Waals surface area contributed by atoms with Gasteiger partial charge in [0.05, 0.1) is 20.1 Å². The number of rotatable bonds is 5. The number of carbonyl (C=O) groups excluding carboxylic acids is 1. The Hall–Kier alpha value is -2.29. The van der Waals surface area contributed by atoms with E-state index in [0.29, 0.717) is 0 Å². The zero-order valence-corrected chi connectivity index (χ0v) is 13.0. The molecular weight excluding hydrogens is 264 g/mol. The van der Waals surface area contributed by atoms with Gasteiger partial charge in [0.2, 0.25) is 0 Å². The minimum Gasteiger partial charge on any atom is -0.497 e. The van der Waals surface area contributed by atoms with Crippen molar-refractivity contribution in [3.05, 3.63) is 59.7 Å². The minimum atomic E-state index is -0.267. The predicted molar refractivity (Wildman–Crippen MR) is 85.2 cm³/mol. The molecule has 0 heterocycles. The average molecular weight is 286 g/mol. The second-order valence-electron chi connectivity index (χ2n) is 4.16. The molecule has 0 saturated carbocycles. The van der Waals surface area contributed by atoms with Crippen molar-refractivity contribution < 1.29 is 14.3 Å². The molecule has 0 spiro atoms. The van der Waals surface area contributed by atoms with Gasteiger partial charge in [0.1, 0.15) is 17.8 Å². The third-order valence-electron chi connectivity index (χ3n) is 3.09. The Morgan fingerprint density at radius 2 is 1.10 bits per heavy atom. The van der Waals surface area contributed by atoms with Crippen LogP contribution in [0.15, 0.2) is 48.5 Å². The number of aldehydes is 1. The molecule has 0 unspecified atom stereocenters. The van der Waals surface area contributed by atoms with E-state index in [-0.39, 0.29) is 5.92 Å². The van der Waals surface area contributed by atoms with E-state index < -0.39 is 0 Å². The third-order valence-corrected chi connectivity index (χ3v) is 3.09. The van der Waals surface area contributed by atoms with Gasteiger partial charge in [-0.15, -0.1) is 0 Å². The van der Waals surface area contributed by atoms with Crippen molar-refractivity contribution in [3.63, 3.8) is 0 Å². The maximum Gasteiger partial charge on any atom is 0.131 e. The number of carbonyl (C=O) groups is 1. The molecule has 2 rings (SSSR count). The molecular formula is C18H22O3. The van der Waals surface area contributed by atoms with Crippen LogP contribution in [0.4, 0.5) is 0 Å². The Bertz CT molecular complexity index is 482. The van der Waals surface area contributed by atoms with Gasteiger partial charge >= 0.3 is 0 Å². The van der Waals surface area contributed by atoms with E-state index in [0.717, 1.165) is 28.9 Å². The molecule has 0 N–H and O–H groups in total. The Morgan fingerprint density at radius 3 is 1.33 bits per heavy atom. The van der Waals surface area contributed by atoms with Gasteiger partial charge in [0, 0.05) is 0 Å². The number of hydrogen-bond donors (Lipinski definition) is 0. The van der Waals surface area contributed by atoms with E-state index in [1.165, 1.54) is 0 Å². The summed E-state index contributed by atoms with van der Waals surface area (Å²) in [4.78, 5) is 11.4. The first-order valence-electron chi connectivity index (χ1n) is 7.01. The van der Waals surface area contributed by atoms with Crippen LogP contribution in [0.5, 0.6) is 11.5 Å².